The van der Waals surface area contributed by atoms with E-state index >= 15 is 0 Å². The van der Waals surface area contributed by atoms with Crippen molar-refractivity contribution in [2.45, 2.75) is 85.4 Å². The van der Waals surface area contributed by atoms with Crippen molar-refractivity contribution in [3.05, 3.63) is 93.2 Å². The van der Waals surface area contributed by atoms with Crippen LogP contribution < -0.4 is 4.90 Å². The number of alkyl halides is 3. The van der Waals surface area contributed by atoms with E-state index < -0.39 is 17.7 Å². The van der Waals surface area contributed by atoms with Crippen LogP contribution in [0.1, 0.15) is 80.8 Å². The first kappa shape index (κ1) is 25.3. The molecular weight excluding hydrogens is 443 g/mol. The lowest BCUT2D eigenvalue weighted by atomic mass is 9.75. The largest absolute Gasteiger partial charge is 0.416 e. The van der Waals surface area contributed by atoms with Crippen LogP contribution in [0.3, 0.4) is 0 Å². The summed E-state index contributed by atoms with van der Waals surface area (Å²) in [6, 6.07) is 10.4. The van der Waals surface area contributed by atoms with Gasteiger partial charge in [0.1, 0.15) is 0 Å². The Bertz CT molecular complexity index is 1250. The van der Waals surface area contributed by atoms with Gasteiger partial charge in [-0.3, -0.25) is 0 Å². The molecule has 0 spiro atoms. The molecule has 1 nitrogen and oxygen atoms in total. The number of benzene rings is 2. The molecule has 35 heavy (non-hydrogen) atoms. The molecule has 4 rings (SSSR count). The third-order valence-corrected chi connectivity index (χ3v) is 7.04. The van der Waals surface area contributed by atoms with Crippen molar-refractivity contribution in [1.29, 1.82) is 0 Å². The maximum atomic E-state index is 14.6. The van der Waals surface area contributed by atoms with Crippen LogP contribution in [0.4, 0.5) is 18.9 Å². The van der Waals surface area contributed by atoms with Crippen LogP contribution in [-0.4, -0.2) is 11.7 Å². The normalized spacial score (nSPS) is 18.5. The van der Waals surface area contributed by atoms with Gasteiger partial charge in [-0.05, 0) is 86.9 Å². The van der Waals surface area contributed by atoms with Crippen molar-refractivity contribution in [1.82, 2.24) is 0 Å². The highest BCUT2D eigenvalue weighted by Crippen LogP contribution is 2.51. The summed E-state index contributed by atoms with van der Waals surface area (Å²) >= 11 is 0. The predicted molar refractivity (Wildman–Crippen MR) is 141 cm³/mol. The Balaban J connectivity index is 2.04. The predicted octanol–water partition coefficient (Wildman–Crippen LogP) is 9.08. The summed E-state index contributed by atoms with van der Waals surface area (Å²) < 4.78 is 43.7. The lowest BCUT2D eigenvalue weighted by molar-refractivity contribution is -0.0893. The zero-order valence-corrected chi connectivity index (χ0v) is 22.3. The Morgan fingerprint density at radius 1 is 0.771 bits per heavy atom. The number of halogens is 3. The average molecular weight is 480 g/mol. The second-order valence-electron chi connectivity index (χ2n) is 12.1. The van der Waals surface area contributed by atoms with E-state index in [1.165, 1.54) is 6.08 Å². The van der Waals surface area contributed by atoms with Gasteiger partial charge in [-0.2, -0.15) is 13.2 Å². The molecule has 0 N–H and O–H groups in total. The maximum Gasteiger partial charge on any atom is 0.416 e. The third-order valence-electron chi connectivity index (χ3n) is 7.04. The minimum Gasteiger partial charge on any atom is -0.342 e. The highest BCUT2D eigenvalue weighted by Gasteiger charge is 2.43. The molecule has 0 bridgehead atoms. The van der Waals surface area contributed by atoms with Gasteiger partial charge in [0, 0.05) is 34.5 Å². The molecule has 1 aliphatic heterocycles. The van der Waals surface area contributed by atoms with E-state index in [1.807, 2.05) is 52.5 Å². The monoisotopic (exact) mass is 479 g/mol. The Morgan fingerprint density at radius 2 is 1.37 bits per heavy atom. The number of aryl methyl sites for hydroxylation is 3. The number of nitrogens with zero attached hydrogens (tertiary/aromatic N) is 1. The molecule has 0 saturated heterocycles. The van der Waals surface area contributed by atoms with Crippen molar-refractivity contribution in [3.8, 4) is 0 Å². The first-order chi connectivity index (χ1) is 16.0. The smallest absolute Gasteiger partial charge is 0.342 e. The number of hydrogen-bond acceptors (Lipinski definition) is 1. The van der Waals surface area contributed by atoms with Crippen molar-refractivity contribution in [2.24, 2.45) is 0 Å². The standard InChI is InChI=1S/C31H36F3N/c1-18-12-19(2)28(20(3)13-18)21-14-23-24-16-22(29(4,5)6)10-11-27(24)35(30(7,8)9)17-25(23)26(15-21)31(32,33)34/h10-17,21H,1-9H3. The molecule has 4 heteroatoms. The van der Waals surface area contributed by atoms with Crippen LogP contribution in [0.2, 0.25) is 0 Å². The van der Waals surface area contributed by atoms with E-state index in [0.29, 0.717) is 5.57 Å². The van der Waals surface area contributed by atoms with Crippen molar-refractivity contribution >= 4 is 11.3 Å². The van der Waals surface area contributed by atoms with Gasteiger partial charge in [0.05, 0.1) is 5.57 Å². The number of rotatable bonds is 1. The summed E-state index contributed by atoms with van der Waals surface area (Å²) in [5.41, 5.74) is 6.90. The van der Waals surface area contributed by atoms with E-state index in [0.717, 1.165) is 39.1 Å². The summed E-state index contributed by atoms with van der Waals surface area (Å²) in [6.07, 6.45) is 0.699. The molecule has 0 aromatic heterocycles. The molecule has 0 amide bonds. The quantitative estimate of drug-likeness (QED) is 0.394. The van der Waals surface area contributed by atoms with Gasteiger partial charge in [0.25, 0.3) is 0 Å². The molecule has 1 unspecified atom stereocenters. The molecule has 1 atom stereocenters. The Kier molecular flexibility index (Phi) is 5.90. The van der Waals surface area contributed by atoms with E-state index in [9.17, 15) is 13.2 Å². The summed E-state index contributed by atoms with van der Waals surface area (Å²) in [5, 5.41) is 0. The summed E-state index contributed by atoms with van der Waals surface area (Å²) in [4.78, 5) is 1.99. The van der Waals surface area contributed by atoms with E-state index in [-0.39, 0.29) is 16.5 Å². The van der Waals surface area contributed by atoms with Crippen LogP contribution in [-0.2, 0) is 5.41 Å². The minimum absolute atomic E-state index is 0.121. The Labute approximate surface area is 208 Å². The summed E-state index contributed by atoms with van der Waals surface area (Å²) in [7, 11) is 0. The van der Waals surface area contributed by atoms with Crippen LogP contribution in [0.5, 0.6) is 0 Å². The number of allylic oxidation sites excluding steroid dienone is 5. The highest BCUT2D eigenvalue weighted by atomic mass is 19.4. The fraction of sp³-hybridized carbons (Fsp3) is 0.419. The van der Waals surface area contributed by atoms with Crippen LogP contribution >= 0.6 is 0 Å². The molecule has 186 valence electrons. The second-order valence-corrected chi connectivity index (χ2v) is 12.1. The van der Waals surface area contributed by atoms with Gasteiger partial charge >= 0.3 is 6.18 Å². The first-order valence-electron chi connectivity index (χ1n) is 12.2. The van der Waals surface area contributed by atoms with E-state index in [4.69, 9.17) is 0 Å². The fourth-order valence-electron chi connectivity index (χ4n) is 5.42. The molecule has 1 aliphatic carbocycles. The van der Waals surface area contributed by atoms with Gasteiger partial charge in [0.2, 0.25) is 0 Å². The lowest BCUT2D eigenvalue weighted by Crippen LogP contribution is -2.40. The molecule has 0 saturated carbocycles. The summed E-state index contributed by atoms with van der Waals surface area (Å²) in [5.74, 6) is -0.452. The fourth-order valence-corrected chi connectivity index (χ4v) is 5.42. The minimum atomic E-state index is -4.46. The zero-order chi connectivity index (χ0) is 26.1. The molecule has 2 aromatic rings. The van der Waals surface area contributed by atoms with Gasteiger partial charge < -0.3 is 4.90 Å². The lowest BCUT2D eigenvalue weighted by Gasteiger charge is -2.42. The van der Waals surface area contributed by atoms with Crippen molar-refractivity contribution < 1.29 is 13.2 Å². The molecular formula is C31H36F3N. The Morgan fingerprint density at radius 3 is 1.89 bits per heavy atom. The summed E-state index contributed by atoms with van der Waals surface area (Å²) in [6.45, 7) is 18.5. The maximum absolute atomic E-state index is 14.6. The number of anilines is 1. The molecule has 1 heterocycles. The average Bonchev–Trinajstić information content (AvgIpc) is 2.69. The van der Waals surface area contributed by atoms with Gasteiger partial charge in [-0.25, -0.2) is 0 Å². The zero-order valence-electron chi connectivity index (χ0n) is 22.3. The van der Waals surface area contributed by atoms with Crippen LogP contribution in [0.15, 0.2) is 59.8 Å². The molecule has 2 aliphatic rings. The van der Waals surface area contributed by atoms with E-state index in [1.54, 1.807) is 6.20 Å². The highest BCUT2D eigenvalue weighted by molar-refractivity contribution is 5.95. The van der Waals surface area contributed by atoms with Gasteiger partial charge in [-0.1, -0.05) is 56.7 Å². The second kappa shape index (κ2) is 8.15. The van der Waals surface area contributed by atoms with Crippen LogP contribution in [0, 0.1) is 20.8 Å². The molecule has 2 aromatic carbocycles. The SMILES string of the molecule is Cc1cc(C)c(C2C=C3C(=CN(C(C)(C)C)c4ccc(C(C)(C)C)cc43)C(C(F)(F)F)=C2)c(C)c1. The number of fused-ring (bicyclic) bond motifs is 3. The van der Waals surface area contributed by atoms with Gasteiger partial charge in [0.15, 0.2) is 0 Å². The number of hydrogen-bond donors (Lipinski definition) is 0. The molecule has 0 radical (unpaired) electrons. The topological polar surface area (TPSA) is 3.24 Å². The van der Waals surface area contributed by atoms with Gasteiger partial charge in [-0.15, -0.1) is 0 Å². The van der Waals surface area contributed by atoms with Crippen LogP contribution in [0.25, 0.3) is 5.57 Å². The Hall–Kier alpha value is -2.75. The van der Waals surface area contributed by atoms with Crippen molar-refractivity contribution in [2.75, 3.05) is 4.90 Å². The molecule has 0 fully saturated rings. The van der Waals surface area contributed by atoms with E-state index in [2.05, 4.69) is 51.1 Å². The first-order valence-corrected chi connectivity index (χ1v) is 12.2. The van der Waals surface area contributed by atoms with Crippen molar-refractivity contribution in [3.63, 3.8) is 0 Å². The third kappa shape index (κ3) is 4.60.